The van der Waals surface area contributed by atoms with Crippen LogP contribution < -0.4 is 5.32 Å². The number of hydrogen-bond donors (Lipinski definition) is 1. The van der Waals surface area contributed by atoms with Gasteiger partial charge in [0.15, 0.2) is 11.6 Å². The summed E-state index contributed by atoms with van der Waals surface area (Å²) in [5.41, 5.74) is 0.0781. The zero-order valence-electron chi connectivity index (χ0n) is 9.47. The number of carbonyl (C=O) groups excluding carboxylic acids is 1. The molecule has 2 nitrogen and oxygen atoms in total. The third-order valence-electron chi connectivity index (χ3n) is 2.25. The summed E-state index contributed by atoms with van der Waals surface area (Å²) in [6.07, 6.45) is 0.650. The molecule has 0 fully saturated rings. The molecule has 0 saturated heterocycles. The van der Waals surface area contributed by atoms with E-state index in [0.29, 0.717) is 11.4 Å². The van der Waals surface area contributed by atoms with Gasteiger partial charge in [0.1, 0.15) is 0 Å². The lowest BCUT2D eigenvalue weighted by atomic mass is 10.1. The molecule has 0 spiro atoms. The van der Waals surface area contributed by atoms with Gasteiger partial charge in [0.05, 0.1) is 6.42 Å². The van der Waals surface area contributed by atoms with E-state index in [1.54, 1.807) is 0 Å². The summed E-state index contributed by atoms with van der Waals surface area (Å²) < 4.78 is 26.1. The standard InChI is InChI=1S/C12H14BrF2NO/c1-8(13)5-6-16-11(17)7-9-3-2-4-10(14)12(9)15/h2-4,8H,5-7H2,1H3,(H,16,17). The maximum Gasteiger partial charge on any atom is 0.224 e. The molecule has 1 unspecified atom stereocenters. The van der Waals surface area contributed by atoms with Crippen LogP contribution in [-0.4, -0.2) is 17.3 Å². The maximum absolute atomic E-state index is 13.2. The highest BCUT2D eigenvalue weighted by Gasteiger charge is 2.11. The Hall–Kier alpha value is -0.970. The molecule has 1 rings (SSSR count). The molecule has 1 atom stereocenters. The molecule has 0 heterocycles. The number of rotatable bonds is 5. The predicted octanol–water partition coefficient (Wildman–Crippen LogP) is 2.80. The van der Waals surface area contributed by atoms with E-state index >= 15 is 0 Å². The Balaban J connectivity index is 2.48. The van der Waals surface area contributed by atoms with E-state index in [4.69, 9.17) is 0 Å². The van der Waals surface area contributed by atoms with Crippen LogP contribution in [0.2, 0.25) is 0 Å². The Morgan fingerprint density at radius 2 is 2.18 bits per heavy atom. The number of nitrogens with one attached hydrogen (secondary N) is 1. The minimum Gasteiger partial charge on any atom is -0.356 e. The van der Waals surface area contributed by atoms with E-state index in [1.807, 2.05) is 6.92 Å². The Bertz CT molecular complexity index is 396. The van der Waals surface area contributed by atoms with Crippen LogP contribution in [0.4, 0.5) is 8.78 Å². The molecule has 1 aromatic carbocycles. The summed E-state index contributed by atoms with van der Waals surface area (Å²) in [6, 6.07) is 3.83. The molecule has 0 aliphatic heterocycles. The van der Waals surface area contributed by atoms with Crippen molar-refractivity contribution in [2.75, 3.05) is 6.54 Å². The first-order chi connectivity index (χ1) is 8.00. The van der Waals surface area contributed by atoms with Gasteiger partial charge >= 0.3 is 0 Å². The minimum atomic E-state index is -0.948. The topological polar surface area (TPSA) is 29.1 Å². The van der Waals surface area contributed by atoms with Crippen LogP contribution in [0.25, 0.3) is 0 Å². The lowest BCUT2D eigenvalue weighted by Gasteiger charge is -2.07. The SMILES string of the molecule is CC(Br)CCNC(=O)Cc1cccc(F)c1F. The van der Waals surface area contributed by atoms with Gasteiger partial charge in [-0.2, -0.15) is 0 Å². The normalized spacial score (nSPS) is 12.2. The minimum absolute atomic E-state index is 0.0781. The van der Waals surface area contributed by atoms with Gasteiger partial charge in [-0.25, -0.2) is 8.78 Å². The van der Waals surface area contributed by atoms with Gasteiger partial charge < -0.3 is 5.32 Å². The first kappa shape index (κ1) is 14.1. The molecule has 17 heavy (non-hydrogen) atoms. The molecule has 1 N–H and O–H groups in total. The molecular weight excluding hydrogens is 292 g/mol. The number of hydrogen-bond acceptors (Lipinski definition) is 1. The van der Waals surface area contributed by atoms with Crippen LogP contribution in [-0.2, 0) is 11.2 Å². The summed E-state index contributed by atoms with van der Waals surface area (Å²) in [7, 11) is 0. The second-order valence-corrected chi connectivity index (χ2v) is 5.37. The highest BCUT2D eigenvalue weighted by atomic mass is 79.9. The van der Waals surface area contributed by atoms with Crippen molar-refractivity contribution >= 4 is 21.8 Å². The van der Waals surface area contributed by atoms with Crippen LogP contribution in [0.1, 0.15) is 18.9 Å². The molecule has 94 valence electrons. The lowest BCUT2D eigenvalue weighted by molar-refractivity contribution is -0.120. The lowest BCUT2D eigenvalue weighted by Crippen LogP contribution is -2.27. The van der Waals surface area contributed by atoms with Crippen LogP contribution in [0.5, 0.6) is 0 Å². The number of benzene rings is 1. The van der Waals surface area contributed by atoms with Gasteiger partial charge in [0.25, 0.3) is 0 Å². The van der Waals surface area contributed by atoms with Gasteiger partial charge in [0.2, 0.25) is 5.91 Å². The van der Waals surface area contributed by atoms with E-state index in [1.165, 1.54) is 12.1 Å². The number of alkyl halides is 1. The predicted molar refractivity (Wildman–Crippen MR) is 66.1 cm³/mol. The third kappa shape index (κ3) is 4.81. The molecule has 0 bridgehead atoms. The van der Waals surface area contributed by atoms with Gasteiger partial charge in [-0.1, -0.05) is 35.0 Å². The maximum atomic E-state index is 13.2. The van der Waals surface area contributed by atoms with Gasteiger partial charge in [-0.05, 0) is 12.5 Å². The van der Waals surface area contributed by atoms with Crippen molar-refractivity contribution in [3.05, 3.63) is 35.4 Å². The van der Waals surface area contributed by atoms with Crippen LogP contribution in [0.3, 0.4) is 0 Å². The first-order valence-electron chi connectivity index (χ1n) is 5.34. The summed E-state index contributed by atoms with van der Waals surface area (Å²) >= 11 is 3.35. The smallest absolute Gasteiger partial charge is 0.224 e. The summed E-state index contributed by atoms with van der Waals surface area (Å²) in [5.74, 6) is -2.18. The van der Waals surface area contributed by atoms with E-state index in [-0.39, 0.29) is 17.9 Å². The summed E-state index contributed by atoms with van der Waals surface area (Å²) in [5, 5.41) is 2.65. The fraction of sp³-hybridized carbons (Fsp3) is 0.417. The van der Waals surface area contributed by atoms with Crippen molar-refractivity contribution in [2.24, 2.45) is 0 Å². The highest BCUT2D eigenvalue weighted by Crippen LogP contribution is 2.11. The number of halogens is 3. The van der Waals surface area contributed by atoms with Crippen molar-refractivity contribution in [3.63, 3.8) is 0 Å². The van der Waals surface area contributed by atoms with Gasteiger partial charge in [0, 0.05) is 16.9 Å². The zero-order valence-corrected chi connectivity index (χ0v) is 11.1. The van der Waals surface area contributed by atoms with E-state index < -0.39 is 11.6 Å². The van der Waals surface area contributed by atoms with E-state index in [9.17, 15) is 13.6 Å². The second kappa shape index (κ2) is 6.69. The quantitative estimate of drug-likeness (QED) is 0.833. The molecule has 0 aliphatic rings. The van der Waals surface area contributed by atoms with Crippen molar-refractivity contribution in [2.45, 2.75) is 24.6 Å². The molecule has 5 heteroatoms. The van der Waals surface area contributed by atoms with Gasteiger partial charge in [-0.3, -0.25) is 4.79 Å². The zero-order chi connectivity index (χ0) is 12.8. The molecule has 0 radical (unpaired) electrons. The van der Waals surface area contributed by atoms with Crippen molar-refractivity contribution in [1.29, 1.82) is 0 Å². The fourth-order valence-corrected chi connectivity index (χ4v) is 1.56. The molecule has 1 amide bonds. The van der Waals surface area contributed by atoms with Crippen LogP contribution in [0, 0.1) is 11.6 Å². The third-order valence-corrected chi connectivity index (χ3v) is 2.70. The largest absolute Gasteiger partial charge is 0.356 e. The Kier molecular flexibility index (Phi) is 5.55. The second-order valence-electron chi connectivity index (χ2n) is 3.81. The summed E-state index contributed by atoms with van der Waals surface area (Å²) in [4.78, 5) is 11.8. The molecule has 0 aliphatic carbocycles. The van der Waals surface area contributed by atoms with Crippen molar-refractivity contribution in [3.8, 4) is 0 Å². The average Bonchev–Trinajstić information content (AvgIpc) is 2.24. The van der Waals surface area contributed by atoms with Crippen molar-refractivity contribution < 1.29 is 13.6 Å². The monoisotopic (exact) mass is 305 g/mol. The molecule has 1 aromatic rings. The average molecular weight is 306 g/mol. The molecular formula is C12H14BrF2NO. The first-order valence-corrected chi connectivity index (χ1v) is 6.26. The van der Waals surface area contributed by atoms with Crippen LogP contribution >= 0.6 is 15.9 Å². The summed E-state index contributed by atoms with van der Waals surface area (Å²) in [6.45, 7) is 2.49. The Morgan fingerprint density at radius 1 is 1.47 bits per heavy atom. The Morgan fingerprint density at radius 3 is 2.82 bits per heavy atom. The fourth-order valence-electron chi connectivity index (χ4n) is 1.33. The number of amides is 1. The van der Waals surface area contributed by atoms with Gasteiger partial charge in [-0.15, -0.1) is 0 Å². The van der Waals surface area contributed by atoms with E-state index in [2.05, 4.69) is 21.2 Å². The van der Waals surface area contributed by atoms with Crippen molar-refractivity contribution in [1.82, 2.24) is 5.32 Å². The molecule has 0 aromatic heterocycles. The Labute approximate surface area is 108 Å². The van der Waals surface area contributed by atoms with Crippen LogP contribution in [0.15, 0.2) is 18.2 Å². The van der Waals surface area contributed by atoms with E-state index in [0.717, 1.165) is 12.5 Å². The highest BCUT2D eigenvalue weighted by molar-refractivity contribution is 9.09. The molecule has 0 saturated carbocycles. The number of carbonyl (C=O) groups is 1.